The largest absolute Gasteiger partial charge is 0.487 e. The molecule has 8 heteroatoms. The van der Waals surface area contributed by atoms with Gasteiger partial charge in [0.15, 0.2) is 14.1 Å². The van der Waals surface area contributed by atoms with Gasteiger partial charge in [0.2, 0.25) is 5.28 Å². The molecule has 0 N–H and O–H groups in total. The van der Waals surface area contributed by atoms with E-state index >= 15 is 0 Å². The van der Waals surface area contributed by atoms with Crippen molar-refractivity contribution in [1.82, 2.24) is 9.97 Å². The van der Waals surface area contributed by atoms with Crippen molar-refractivity contribution in [1.29, 1.82) is 0 Å². The van der Waals surface area contributed by atoms with Gasteiger partial charge < -0.3 is 9.16 Å². The van der Waals surface area contributed by atoms with E-state index < -0.39 is 14.1 Å². The van der Waals surface area contributed by atoms with Crippen molar-refractivity contribution in [2.75, 3.05) is 0 Å². The van der Waals surface area contributed by atoms with Crippen LogP contribution in [0.4, 0.5) is 4.39 Å². The molecule has 0 atom stereocenters. The molecule has 1 aromatic carbocycles. The molecule has 0 radical (unpaired) electrons. The third-order valence-corrected chi connectivity index (χ3v) is 10.9. The average molecular weight is 445 g/mol. The summed E-state index contributed by atoms with van der Waals surface area (Å²) < 4.78 is 26.9. The quantitative estimate of drug-likeness (QED) is 0.384. The number of ether oxygens (including phenoxy) is 1. The highest BCUT2D eigenvalue weighted by atomic mass is 35.5. The van der Waals surface area contributed by atoms with Crippen LogP contribution in [0.3, 0.4) is 0 Å². The number of nitrogens with zero attached hydrogens (tertiary/aromatic N) is 2. The van der Waals surface area contributed by atoms with E-state index in [1.165, 1.54) is 12.3 Å². The Balaban J connectivity index is 1.71. The SMILES string of the molecule is CC(C)(C)[Si](C)(C)OC1CCC(Oc2c(Cl)cc(F)c3cnc(Cl)nc23)CC1. The third kappa shape index (κ3) is 4.61. The fourth-order valence-electron chi connectivity index (χ4n) is 3.22. The monoisotopic (exact) mass is 444 g/mol. The first-order chi connectivity index (χ1) is 13.0. The molecule has 0 unspecified atom stereocenters. The Bertz CT molecular complexity index is 865. The first-order valence-electron chi connectivity index (χ1n) is 9.62. The van der Waals surface area contributed by atoms with Crippen molar-refractivity contribution in [2.24, 2.45) is 0 Å². The molecule has 1 aromatic heterocycles. The van der Waals surface area contributed by atoms with Crippen LogP contribution >= 0.6 is 23.2 Å². The molecular formula is C20H27Cl2FN2O2Si. The summed E-state index contributed by atoms with van der Waals surface area (Å²) in [5.41, 5.74) is 0.310. The normalized spacial score (nSPS) is 21.1. The number of hydrogen-bond acceptors (Lipinski definition) is 4. The molecule has 2 aromatic rings. The summed E-state index contributed by atoms with van der Waals surface area (Å²) in [6, 6.07) is 1.24. The van der Waals surface area contributed by atoms with Gasteiger partial charge in [-0.2, -0.15) is 0 Å². The van der Waals surface area contributed by atoms with Crippen LogP contribution in [0, 0.1) is 5.82 Å². The molecule has 0 amide bonds. The number of hydrogen-bond donors (Lipinski definition) is 0. The van der Waals surface area contributed by atoms with Crippen LogP contribution in [-0.4, -0.2) is 30.5 Å². The molecule has 0 spiro atoms. The van der Waals surface area contributed by atoms with E-state index in [1.807, 2.05) is 0 Å². The molecule has 4 nitrogen and oxygen atoms in total. The minimum Gasteiger partial charge on any atom is -0.487 e. The lowest BCUT2D eigenvalue weighted by molar-refractivity contribution is 0.0733. The lowest BCUT2D eigenvalue weighted by Crippen LogP contribution is -2.45. The molecule has 0 aliphatic heterocycles. The van der Waals surface area contributed by atoms with E-state index in [9.17, 15) is 4.39 Å². The smallest absolute Gasteiger partial charge is 0.223 e. The molecule has 1 heterocycles. The van der Waals surface area contributed by atoms with Gasteiger partial charge >= 0.3 is 0 Å². The molecule has 28 heavy (non-hydrogen) atoms. The van der Waals surface area contributed by atoms with Gasteiger partial charge in [-0.25, -0.2) is 14.4 Å². The lowest BCUT2D eigenvalue weighted by atomic mass is 9.95. The van der Waals surface area contributed by atoms with Crippen LogP contribution in [0.2, 0.25) is 28.4 Å². The fraction of sp³-hybridized carbons (Fsp3) is 0.600. The topological polar surface area (TPSA) is 44.2 Å². The Labute approximate surface area is 176 Å². The van der Waals surface area contributed by atoms with Crippen molar-refractivity contribution >= 4 is 42.4 Å². The molecule has 3 rings (SSSR count). The van der Waals surface area contributed by atoms with E-state index in [-0.39, 0.29) is 32.9 Å². The number of fused-ring (bicyclic) bond motifs is 1. The van der Waals surface area contributed by atoms with E-state index in [4.69, 9.17) is 32.4 Å². The van der Waals surface area contributed by atoms with Crippen molar-refractivity contribution in [3.63, 3.8) is 0 Å². The van der Waals surface area contributed by atoms with E-state index in [0.717, 1.165) is 25.7 Å². The standard InChI is InChI=1S/C20H27Cl2FN2O2Si/c1-20(2,3)28(4,5)27-13-8-6-12(7-9-13)26-18-15(21)10-16(23)14-11-24-19(22)25-17(14)18/h10-13H,6-9H2,1-5H3. The second-order valence-corrected chi connectivity index (χ2v) is 14.5. The minimum atomic E-state index is -1.78. The average Bonchev–Trinajstić information content (AvgIpc) is 2.58. The van der Waals surface area contributed by atoms with Crippen LogP contribution in [0.15, 0.2) is 12.3 Å². The zero-order valence-corrected chi connectivity index (χ0v) is 19.5. The summed E-state index contributed by atoms with van der Waals surface area (Å²) in [7, 11) is -1.78. The summed E-state index contributed by atoms with van der Waals surface area (Å²) in [5.74, 6) is -0.119. The molecule has 0 bridgehead atoms. The lowest BCUT2D eigenvalue weighted by Gasteiger charge is -2.41. The zero-order chi connectivity index (χ0) is 20.7. The number of rotatable bonds is 4. The summed E-state index contributed by atoms with van der Waals surface area (Å²) in [4.78, 5) is 7.99. The number of benzene rings is 1. The van der Waals surface area contributed by atoms with E-state index in [2.05, 4.69) is 43.8 Å². The summed E-state index contributed by atoms with van der Waals surface area (Å²) in [6.07, 6.45) is 5.18. The van der Waals surface area contributed by atoms with Crippen LogP contribution < -0.4 is 4.74 Å². The van der Waals surface area contributed by atoms with Crippen LogP contribution in [-0.2, 0) is 4.43 Å². The maximum atomic E-state index is 14.2. The van der Waals surface area contributed by atoms with Crippen molar-refractivity contribution in [3.05, 3.63) is 28.4 Å². The maximum Gasteiger partial charge on any atom is 0.223 e. The molecule has 0 saturated heterocycles. The Morgan fingerprint density at radius 3 is 2.32 bits per heavy atom. The van der Waals surface area contributed by atoms with Crippen molar-refractivity contribution < 1.29 is 13.6 Å². The van der Waals surface area contributed by atoms with Crippen LogP contribution in [0.1, 0.15) is 46.5 Å². The highest BCUT2D eigenvalue weighted by molar-refractivity contribution is 6.74. The second kappa shape index (κ2) is 8.05. The Hall–Kier alpha value is -0.953. The molecule has 154 valence electrons. The summed E-state index contributed by atoms with van der Waals surface area (Å²) in [5, 5.41) is 0.670. The Morgan fingerprint density at radius 1 is 1.11 bits per heavy atom. The highest BCUT2D eigenvalue weighted by Crippen LogP contribution is 2.40. The van der Waals surface area contributed by atoms with Gasteiger partial charge in [-0.1, -0.05) is 32.4 Å². The summed E-state index contributed by atoms with van der Waals surface area (Å²) >= 11 is 12.2. The minimum absolute atomic E-state index is 0.0147. The molecule has 1 fully saturated rings. The molecule has 1 aliphatic rings. The Kier molecular flexibility index (Phi) is 6.25. The fourth-order valence-corrected chi connectivity index (χ4v) is 5.00. The van der Waals surface area contributed by atoms with Crippen LogP contribution in [0.25, 0.3) is 10.9 Å². The highest BCUT2D eigenvalue weighted by Gasteiger charge is 2.40. The Morgan fingerprint density at radius 2 is 1.71 bits per heavy atom. The second-order valence-electron chi connectivity index (χ2n) is 8.97. The van der Waals surface area contributed by atoms with Crippen molar-refractivity contribution in [2.45, 2.75) is 76.8 Å². The number of halogens is 3. The zero-order valence-electron chi connectivity index (χ0n) is 17.0. The predicted molar refractivity (Wildman–Crippen MR) is 114 cm³/mol. The first-order valence-corrected chi connectivity index (χ1v) is 13.3. The maximum absolute atomic E-state index is 14.2. The van der Waals surface area contributed by atoms with Gasteiger partial charge in [-0.05, 0) is 61.5 Å². The molecular weight excluding hydrogens is 418 g/mol. The summed E-state index contributed by atoms with van der Waals surface area (Å²) in [6.45, 7) is 11.3. The van der Waals surface area contributed by atoms with Gasteiger partial charge in [0.05, 0.1) is 16.5 Å². The van der Waals surface area contributed by atoms with Gasteiger partial charge in [-0.3, -0.25) is 0 Å². The van der Waals surface area contributed by atoms with Crippen molar-refractivity contribution in [3.8, 4) is 5.75 Å². The predicted octanol–water partition coefficient (Wildman–Crippen LogP) is 6.79. The molecule has 1 saturated carbocycles. The third-order valence-electron chi connectivity index (χ3n) is 5.88. The van der Waals surface area contributed by atoms with Gasteiger partial charge in [-0.15, -0.1) is 0 Å². The first kappa shape index (κ1) is 21.7. The van der Waals surface area contributed by atoms with Gasteiger partial charge in [0, 0.05) is 12.3 Å². The van der Waals surface area contributed by atoms with Gasteiger partial charge in [0.25, 0.3) is 0 Å². The van der Waals surface area contributed by atoms with Gasteiger partial charge in [0.1, 0.15) is 11.3 Å². The van der Waals surface area contributed by atoms with Crippen LogP contribution in [0.5, 0.6) is 5.75 Å². The number of aromatic nitrogens is 2. The molecule has 1 aliphatic carbocycles. The van der Waals surface area contributed by atoms with E-state index in [0.29, 0.717) is 11.3 Å². The van der Waals surface area contributed by atoms with E-state index in [1.54, 1.807) is 0 Å².